The van der Waals surface area contributed by atoms with E-state index in [0.29, 0.717) is 10.7 Å². The SMILES string of the molecule is Cc1cc(/C=C2\SC(=O)N(CCOc3ccc(F)cc3)C2=O)c(C)n1-c1ccc(N2CCOCC2)cc1. The molecule has 2 saturated heterocycles. The summed E-state index contributed by atoms with van der Waals surface area (Å²) < 4.78 is 26.2. The van der Waals surface area contributed by atoms with Crippen molar-refractivity contribution >= 4 is 34.7 Å². The average Bonchev–Trinajstić information content (AvgIpc) is 3.34. The van der Waals surface area contributed by atoms with E-state index in [0.717, 1.165) is 60.7 Å². The number of aryl methyl sites for hydroxylation is 1. The molecule has 2 aliphatic rings. The first-order valence-electron chi connectivity index (χ1n) is 12.2. The van der Waals surface area contributed by atoms with Gasteiger partial charge in [0.05, 0.1) is 24.7 Å². The normalized spacial score (nSPS) is 17.2. The summed E-state index contributed by atoms with van der Waals surface area (Å²) in [5, 5.41) is -0.327. The molecule has 9 heteroatoms. The van der Waals surface area contributed by atoms with E-state index in [9.17, 15) is 14.0 Å². The molecule has 2 fully saturated rings. The Morgan fingerprint density at radius 1 is 1.00 bits per heavy atom. The first kappa shape index (κ1) is 25.1. The van der Waals surface area contributed by atoms with Crippen molar-refractivity contribution in [3.05, 3.63) is 82.3 Å². The van der Waals surface area contributed by atoms with Gasteiger partial charge in [0, 0.05) is 35.9 Å². The number of aromatic nitrogens is 1. The summed E-state index contributed by atoms with van der Waals surface area (Å²) in [6.45, 7) is 7.55. The van der Waals surface area contributed by atoms with Gasteiger partial charge in [0.1, 0.15) is 18.2 Å². The number of amides is 2. The van der Waals surface area contributed by atoms with E-state index in [2.05, 4.69) is 33.7 Å². The van der Waals surface area contributed by atoms with E-state index < -0.39 is 0 Å². The number of rotatable bonds is 7. The fourth-order valence-corrected chi connectivity index (χ4v) is 5.44. The zero-order valence-corrected chi connectivity index (χ0v) is 21.6. The molecule has 2 amide bonds. The second kappa shape index (κ2) is 10.8. The second-order valence-electron chi connectivity index (χ2n) is 8.91. The molecule has 0 unspecified atom stereocenters. The van der Waals surface area contributed by atoms with Crippen molar-refractivity contribution in [3.63, 3.8) is 0 Å². The molecular formula is C28H28FN3O4S. The molecule has 3 aromatic rings. The van der Waals surface area contributed by atoms with Crippen molar-refractivity contribution in [1.82, 2.24) is 9.47 Å². The summed E-state index contributed by atoms with van der Waals surface area (Å²) in [5.74, 6) is -0.209. The molecule has 2 aromatic carbocycles. The number of halogens is 1. The van der Waals surface area contributed by atoms with Crippen LogP contribution in [0.5, 0.6) is 5.75 Å². The van der Waals surface area contributed by atoms with Crippen LogP contribution in [0.3, 0.4) is 0 Å². The van der Waals surface area contributed by atoms with Gasteiger partial charge in [0.2, 0.25) is 0 Å². The van der Waals surface area contributed by atoms with Gasteiger partial charge in [-0.25, -0.2) is 4.39 Å². The highest BCUT2D eigenvalue weighted by Gasteiger charge is 2.35. The molecule has 0 radical (unpaired) electrons. The highest BCUT2D eigenvalue weighted by Crippen LogP contribution is 2.34. The summed E-state index contributed by atoms with van der Waals surface area (Å²) in [5.41, 5.74) is 5.13. The highest BCUT2D eigenvalue weighted by atomic mass is 32.2. The Bertz CT molecular complexity index is 1330. The molecule has 0 atom stereocenters. The molecule has 7 nitrogen and oxygen atoms in total. The molecule has 2 aliphatic heterocycles. The van der Waals surface area contributed by atoms with Gasteiger partial charge in [0.25, 0.3) is 11.1 Å². The lowest BCUT2D eigenvalue weighted by atomic mass is 10.2. The number of thioether (sulfide) groups is 1. The zero-order valence-electron chi connectivity index (χ0n) is 20.8. The van der Waals surface area contributed by atoms with Gasteiger partial charge in [-0.3, -0.25) is 14.5 Å². The third kappa shape index (κ3) is 5.42. The van der Waals surface area contributed by atoms with Crippen LogP contribution in [0, 0.1) is 19.7 Å². The maximum absolute atomic E-state index is 13.0. The number of carbonyl (C=O) groups excluding carboxylic acids is 2. The molecule has 1 aromatic heterocycles. The van der Waals surface area contributed by atoms with Crippen molar-refractivity contribution in [3.8, 4) is 11.4 Å². The lowest BCUT2D eigenvalue weighted by molar-refractivity contribution is -0.123. The zero-order chi connectivity index (χ0) is 25.9. The topological polar surface area (TPSA) is 64.0 Å². The van der Waals surface area contributed by atoms with Crippen LogP contribution >= 0.6 is 11.8 Å². The van der Waals surface area contributed by atoms with Crippen molar-refractivity contribution < 1.29 is 23.5 Å². The molecule has 0 N–H and O–H groups in total. The average molecular weight is 522 g/mol. The largest absolute Gasteiger partial charge is 0.492 e. The van der Waals surface area contributed by atoms with E-state index in [1.165, 1.54) is 34.9 Å². The Kier molecular flexibility index (Phi) is 7.34. The summed E-state index contributed by atoms with van der Waals surface area (Å²) in [7, 11) is 0. The van der Waals surface area contributed by atoms with E-state index in [1.54, 1.807) is 6.08 Å². The summed E-state index contributed by atoms with van der Waals surface area (Å²) in [6, 6.07) is 16.1. The van der Waals surface area contributed by atoms with E-state index >= 15 is 0 Å². The quantitative estimate of drug-likeness (QED) is 0.399. The van der Waals surface area contributed by atoms with Gasteiger partial charge in [-0.15, -0.1) is 0 Å². The standard InChI is InChI=1S/C28H28FN3O4S/c1-19-17-21(20(2)32(19)24-7-5-23(6-8-24)30-11-14-35-15-12-30)18-26-27(33)31(28(34)37-26)13-16-36-25-9-3-22(29)4-10-25/h3-10,17-18H,11-16H2,1-2H3/b26-18-. The molecule has 0 saturated carbocycles. The minimum absolute atomic E-state index is 0.119. The van der Waals surface area contributed by atoms with Gasteiger partial charge >= 0.3 is 0 Å². The number of benzene rings is 2. The van der Waals surface area contributed by atoms with Crippen LogP contribution in [0.25, 0.3) is 11.8 Å². The van der Waals surface area contributed by atoms with E-state index in [1.807, 2.05) is 19.9 Å². The maximum atomic E-state index is 13.0. The Morgan fingerprint density at radius 2 is 1.68 bits per heavy atom. The molecule has 5 rings (SSSR count). The number of imide groups is 1. The first-order valence-corrected chi connectivity index (χ1v) is 13.0. The molecule has 0 bridgehead atoms. The number of hydrogen-bond donors (Lipinski definition) is 0. The monoisotopic (exact) mass is 521 g/mol. The summed E-state index contributed by atoms with van der Waals surface area (Å²) in [6.07, 6.45) is 1.78. The van der Waals surface area contributed by atoms with Crippen molar-refractivity contribution in [2.75, 3.05) is 44.4 Å². The lowest BCUT2D eigenvalue weighted by Crippen LogP contribution is -2.36. The molecule has 192 valence electrons. The van der Waals surface area contributed by atoms with Crippen LogP contribution in [0.1, 0.15) is 17.0 Å². The van der Waals surface area contributed by atoms with E-state index in [-0.39, 0.29) is 30.1 Å². The number of anilines is 1. The smallest absolute Gasteiger partial charge is 0.293 e. The third-order valence-corrected chi connectivity index (χ3v) is 7.42. The van der Waals surface area contributed by atoms with Crippen molar-refractivity contribution in [1.29, 1.82) is 0 Å². The fraction of sp³-hybridized carbons (Fsp3) is 0.286. The van der Waals surface area contributed by atoms with Crippen LogP contribution in [0.15, 0.2) is 59.5 Å². The van der Waals surface area contributed by atoms with Gasteiger partial charge in [-0.05, 0) is 91.8 Å². The minimum atomic E-state index is -0.354. The predicted octanol–water partition coefficient (Wildman–Crippen LogP) is 5.19. The van der Waals surface area contributed by atoms with Crippen molar-refractivity contribution in [2.24, 2.45) is 0 Å². The first-order chi connectivity index (χ1) is 17.9. The van der Waals surface area contributed by atoms with Gasteiger partial charge < -0.3 is 18.9 Å². The number of carbonyl (C=O) groups is 2. The van der Waals surface area contributed by atoms with Crippen LogP contribution in [-0.2, 0) is 9.53 Å². The van der Waals surface area contributed by atoms with Crippen LogP contribution in [0.4, 0.5) is 14.9 Å². The molecule has 0 aliphatic carbocycles. The van der Waals surface area contributed by atoms with Gasteiger partial charge in [-0.2, -0.15) is 0 Å². The highest BCUT2D eigenvalue weighted by molar-refractivity contribution is 8.18. The second-order valence-corrected chi connectivity index (χ2v) is 9.91. The predicted molar refractivity (Wildman–Crippen MR) is 143 cm³/mol. The summed E-state index contributed by atoms with van der Waals surface area (Å²) >= 11 is 0.931. The Labute approximate surface area is 219 Å². The Balaban J connectivity index is 1.28. The molecule has 0 spiro atoms. The van der Waals surface area contributed by atoms with Crippen LogP contribution in [-0.4, -0.2) is 60.1 Å². The van der Waals surface area contributed by atoms with Crippen molar-refractivity contribution in [2.45, 2.75) is 13.8 Å². The summed E-state index contributed by atoms with van der Waals surface area (Å²) in [4.78, 5) is 29.4. The van der Waals surface area contributed by atoms with Gasteiger partial charge in [0.15, 0.2) is 0 Å². The van der Waals surface area contributed by atoms with Crippen LogP contribution < -0.4 is 9.64 Å². The maximum Gasteiger partial charge on any atom is 0.293 e. The minimum Gasteiger partial charge on any atom is -0.492 e. The van der Waals surface area contributed by atoms with Gasteiger partial charge in [-0.1, -0.05) is 0 Å². The Morgan fingerprint density at radius 3 is 2.38 bits per heavy atom. The number of hydrogen-bond acceptors (Lipinski definition) is 6. The third-order valence-electron chi connectivity index (χ3n) is 6.51. The van der Waals surface area contributed by atoms with E-state index in [4.69, 9.17) is 9.47 Å². The molecular weight excluding hydrogens is 493 g/mol. The number of morpholine rings is 1. The van der Waals surface area contributed by atoms with Crippen LogP contribution in [0.2, 0.25) is 0 Å². The number of ether oxygens (including phenoxy) is 2. The molecule has 37 heavy (non-hydrogen) atoms. The fourth-order valence-electron chi connectivity index (χ4n) is 4.58. The number of nitrogens with zero attached hydrogens (tertiary/aromatic N) is 3. The Hall–Kier alpha value is -3.56. The molecule has 3 heterocycles. The lowest BCUT2D eigenvalue weighted by Gasteiger charge is -2.29.